The van der Waals surface area contributed by atoms with Crippen molar-refractivity contribution in [2.75, 3.05) is 5.32 Å². The van der Waals surface area contributed by atoms with Crippen molar-refractivity contribution in [2.45, 2.75) is 0 Å². The molecular formula is C12H9ClN2O3. The number of nitrogens with one attached hydrogen (secondary N) is 1. The summed E-state index contributed by atoms with van der Waals surface area (Å²) in [7, 11) is 0. The third-order valence-electron chi connectivity index (χ3n) is 2.23. The molecule has 2 aromatic rings. The van der Waals surface area contributed by atoms with Crippen LogP contribution in [0.2, 0.25) is 5.15 Å². The van der Waals surface area contributed by atoms with Crippen LogP contribution in [-0.2, 0) is 0 Å². The van der Waals surface area contributed by atoms with Crippen LogP contribution < -0.4 is 5.32 Å². The average molecular weight is 265 g/mol. The highest BCUT2D eigenvalue weighted by molar-refractivity contribution is 6.29. The summed E-state index contributed by atoms with van der Waals surface area (Å²) in [4.78, 5) is 15.6. The SMILES string of the molecule is O=C(Nc1ccnc(Cl)c1)c1c(O)cccc1O. The summed E-state index contributed by atoms with van der Waals surface area (Å²) in [5.41, 5.74) is 0.230. The predicted octanol–water partition coefficient (Wildman–Crippen LogP) is 2.40. The Morgan fingerprint density at radius 2 is 1.89 bits per heavy atom. The number of benzene rings is 1. The lowest BCUT2D eigenvalue weighted by Crippen LogP contribution is -2.12. The van der Waals surface area contributed by atoms with Crippen LogP contribution in [-0.4, -0.2) is 21.1 Å². The van der Waals surface area contributed by atoms with E-state index in [2.05, 4.69) is 10.3 Å². The Bertz CT molecular complexity index is 581. The van der Waals surface area contributed by atoms with Gasteiger partial charge in [0.05, 0.1) is 0 Å². The van der Waals surface area contributed by atoms with Gasteiger partial charge in [0, 0.05) is 11.9 Å². The predicted molar refractivity (Wildman–Crippen MR) is 67.0 cm³/mol. The number of phenols is 2. The molecule has 0 saturated heterocycles. The molecule has 0 spiro atoms. The second-order valence-corrected chi connectivity index (χ2v) is 3.88. The summed E-state index contributed by atoms with van der Waals surface area (Å²) in [6.45, 7) is 0. The van der Waals surface area contributed by atoms with Gasteiger partial charge < -0.3 is 15.5 Å². The molecule has 2 rings (SSSR count). The van der Waals surface area contributed by atoms with E-state index in [0.29, 0.717) is 5.69 Å². The molecule has 3 N–H and O–H groups in total. The fraction of sp³-hybridized carbons (Fsp3) is 0. The van der Waals surface area contributed by atoms with Crippen LogP contribution in [0.15, 0.2) is 36.5 Å². The minimum atomic E-state index is -0.632. The fourth-order valence-electron chi connectivity index (χ4n) is 1.43. The maximum atomic E-state index is 11.9. The minimum absolute atomic E-state index is 0.189. The van der Waals surface area contributed by atoms with Crippen molar-refractivity contribution in [1.82, 2.24) is 4.98 Å². The number of aromatic nitrogens is 1. The second-order valence-electron chi connectivity index (χ2n) is 3.49. The van der Waals surface area contributed by atoms with Gasteiger partial charge in [-0.2, -0.15) is 0 Å². The number of phenolic OH excluding ortho intramolecular Hbond substituents is 2. The van der Waals surface area contributed by atoms with Gasteiger partial charge in [-0.05, 0) is 24.3 Å². The lowest BCUT2D eigenvalue weighted by atomic mass is 10.1. The summed E-state index contributed by atoms with van der Waals surface area (Å²) >= 11 is 5.68. The first-order valence-electron chi connectivity index (χ1n) is 5.02. The number of hydrogen-bond acceptors (Lipinski definition) is 4. The molecule has 18 heavy (non-hydrogen) atoms. The van der Waals surface area contributed by atoms with E-state index in [-0.39, 0.29) is 22.2 Å². The van der Waals surface area contributed by atoms with Crippen LogP contribution in [0.25, 0.3) is 0 Å². The van der Waals surface area contributed by atoms with Crippen LogP contribution in [0.3, 0.4) is 0 Å². The summed E-state index contributed by atoms with van der Waals surface area (Å²) in [5.74, 6) is -1.23. The normalized spacial score (nSPS) is 10.1. The largest absolute Gasteiger partial charge is 0.507 e. The Kier molecular flexibility index (Phi) is 3.34. The number of amides is 1. The molecule has 1 amide bonds. The van der Waals surface area contributed by atoms with Gasteiger partial charge in [-0.15, -0.1) is 0 Å². The van der Waals surface area contributed by atoms with Crippen LogP contribution in [0.4, 0.5) is 5.69 Å². The van der Waals surface area contributed by atoms with E-state index >= 15 is 0 Å². The molecule has 1 heterocycles. The molecule has 92 valence electrons. The molecule has 0 atom stereocenters. The van der Waals surface area contributed by atoms with Crippen LogP contribution in [0, 0.1) is 0 Å². The van der Waals surface area contributed by atoms with Gasteiger partial charge in [-0.3, -0.25) is 4.79 Å². The summed E-state index contributed by atoms with van der Waals surface area (Å²) in [5, 5.41) is 21.8. The number of carbonyl (C=O) groups is 1. The molecule has 0 aliphatic rings. The number of hydrogen-bond donors (Lipinski definition) is 3. The Hall–Kier alpha value is -2.27. The van der Waals surface area contributed by atoms with Crippen molar-refractivity contribution in [3.05, 3.63) is 47.2 Å². The molecule has 0 aliphatic heterocycles. The van der Waals surface area contributed by atoms with E-state index in [9.17, 15) is 15.0 Å². The highest BCUT2D eigenvalue weighted by Gasteiger charge is 2.16. The zero-order chi connectivity index (χ0) is 13.1. The maximum absolute atomic E-state index is 11.9. The zero-order valence-electron chi connectivity index (χ0n) is 9.09. The first-order valence-corrected chi connectivity index (χ1v) is 5.39. The molecule has 1 aromatic carbocycles. The van der Waals surface area contributed by atoms with E-state index < -0.39 is 5.91 Å². The molecule has 0 radical (unpaired) electrons. The molecule has 0 saturated carbocycles. The Balaban J connectivity index is 2.28. The first-order chi connectivity index (χ1) is 8.58. The van der Waals surface area contributed by atoms with Crippen molar-refractivity contribution in [1.29, 1.82) is 0 Å². The lowest BCUT2D eigenvalue weighted by Gasteiger charge is -2.08. The van der Waals surface area contributed by atoms with Gasteiger partial charge in [-0.25, -0.2) is 4.98 Å². The smallest absolute Gasteiger partial charge is 0.263 e. The molecule has 0 aliphatic carbocycles. The summed E-state index contributed by atoms with van der Waals surface area (Å²) in [6.07, 6.45) is 1.43. The standard InChI is InChI=1S/C12H9ClN2O3/c13-10-6-7(4-5-14-10)15-12(18)11-8(16)2-1-3-9(11)17/h1-6,16-17H,(H,14,15,18). The Morgan fingerprint density at radius 1 is 1.22 bits per heavy atom. The van der Waals surface area contributed by atoms with Gasteiger partial charge in [0.1, 0.15) is 22.2 Å². The van der Waals surface area contributed by atoms with Gasteiger partial charge in [0.15, 0.2) is 0 Å². The molecule has 5 nitrogen and oxygen atoms in total. The van der Waals surface area contributed by atoms with Gasteiger partial charge in [-0.1, -0.05) is 17.7 Å². The van der Waals surface area contributed by atoms with Crippen LogP contribution >= 0.6 is 11.6 Å². The monoisotopic (exact) mass is 264 g/mol. The Labute approximate surface area is 108 Å². The van der Waals surface area contributed by atoms with Gasteiger partial charge in [0.25, 0.3) is 5.91 Å². The molecule has 0 fully saturated rings. The number of carbonyl (C=O) groups excluding carboxylic acids is 1. The number of nitrogens with zero attached hydrogens (tertiary/aromatic N) is 1. The summed E-state index contributed by atoms with van der Waals surface area (Å²) < 4.78 is 0. The number of aromatic hydroxyl groups is 2. The quantitative estimate of drug-likeness (QED) is 0.728. The second kappa shape index (κ2) is 4.93. The fourth-order valence-corrected chi connectivity index (χ4v) is 1.61. The van der Waals surface area contributed by atoms with Crippen molar-refractivity contribution in [3.8, 4) is 11.5 Å². The Morgan fingerprint density at radius 3 is 2.50 bits per heavy atom. The molecule has 0 bridgehead atoms. The molecule has 1 aromatic heterocycles. The van der Waals surface area contributed by atoms with E-state index in [4.69, 9.17) is 11.6 Å². The number of rotatable bonds is 2. The lowest BCUT2D eigenvalue weighted by molar-refractivity contribution is 0.102. The number of pyridine rings is 1. The molecule has 6 heteroatoms. The molecular weight excluding hydrogens is 256 g/mol. The van der Waals surface area contributed by atoms with Crippen molar-refractivity contribution in [3.63, 3.8) is 0 Å². The van der Waals surface area contributed by atoms with Gasteiger partial charge in [0.2, 0.25) is 0 Å². The topological polar surface area (TPSA) is 82.5 Å². The molecule has 0 unspecified atom stereocenters. The first kappa shape index (κ1) is 12.2. The van der Waals surface area contributed by atoms with Gasteiger partial charge >= 0.3 is 0 Å². The zero-order valence-corrected chi connectivity index (χ0v) is 9.85. The highest BCUT2D eigenvalue weighted by Crippen LogP contribution is 2.27. The van der Waals surface area contributed by atoms with E-state index in [1.807, 2.05) is 0 Å². The number of anilines is 1. The highest BCUT2D eigenvalue weighted by atomic mass is 35.5. The van der Waals surface area contributed by atoms with Crippen molar-refractivity contribution in [2.24, 2.45) is 0 Å². The minimum Gasteiger partial charge on any atom is -0.507 e. The summed E-state index contributed by atoms with van der Waals surface area (Å²) in [6, 6.07) is 7.06. The van der Waals surface area contributed by atoms with E-state index in [1.54, 1.807) is 6.07 Å². The van der Waals surface area contributed by atoms with Crippen molar-refractivity contribution < 1.29 is 15.0 Å². The maximum Gasteiger partial charge on any atom is 0.263 e. The third kappa shape index (κ3) is 2.52. The van der Waals surface area contributed by atoms with E-state index in [0.717, 1.165) is 0 Å². The van der Waals surface area contributed by atoms with Crippen molar-refractivity contribution >= 4 is 23.2 Å². The van der Waals surface area contributed by atoms with E-state index in [1.165, 1.54) is 30.5 Å². The average Bonchev–Trinajstić information content (AvgIpc) is 2.28. The van der Waals surface area contributed by atoms with Crippen LogP contribution in [0.1, 0.15) is 10.4 Å². The number of halogens is 1. The van der Waals surface area contributed by atoms with Crippen LogP contribution in [0.5, 0.6) is 11.5 Å². The third-order valence-corrected chi connectivity index (χ3v) is 2.44.